The highest BCUT2D eigenvalue weighted by molar-refractivity contribution is 5.82. The first-order valence-electron chi connectivity index (χ1n) is 6.26. The van der Waals surface area contributed by atoms with E-state index in [4.69, 9.17) is 9.52 Å². The molecule has 19 heavy (non-hydrogen) atoms. The summed E-state index contributed by atoms with van der Waals surface area (Å²) in [5.74, 6) is 0.232. The number of aryl methyl sites for hydroxylation is 1. The van der Waals surface area contributed by atoms with Gasteiger partial charge in [-0.15, -0.1) is 0 Å². The Balaban J connectivity index is 2.46. The minimum absolute atomic E-state index is 0.130. The van der Waals surface area contributed by atoms with E-state index >= 15 is 0 Å². The summed E-state index contributed by atoms with van der Waals surface area (Å²) in [7, 11) is 0. The van der Waals surface area contributed by atoms with Gasteiger partial charge >= 0.3 is 12.0 Å². The second kappa shape index (κ2) is 6.82. The molecule has 106 valence electrons. The number of carbonyl (C=O) groups is 2. The van der Waals surface area contributed by atoms with E-state index in [0.29, 0.717) is 12.2 Å². The van der Waals surface area contributed by atoms with E-state index in [0.717, 1.165) is 5.76 Å². The number of carboxylic acid groups (broad SMARTS) is 1. The summed E-state index contributed by atoms with van der Waals surface area (Å²) in [4.78, 5) is 22.7. The van der Waals surface area contributed by atoms with Crippen LogP contribution in [0.25, 0.3) is 0 Å². The average Bonchev–Trinajstić information content (AvgIpc) is 2.78. The molecule has 6 heteroatoms. The van der Waals surface area contributed by atoms with Crippen molar-refractivity contribution in [3.63, 3.8) is 0 Å². The first-order valence-corrected chi connectivity index (χ1v) is 6.26. The molecular formula is C13H20N2O4. The molecule has 0 spiro atoms. The van der Waals surface area contributed by atoms with Crippen LogP contribution >= 0.6 is 0 Å². The highest BCUT2D eigenvalue weighted by Gasteiger charge is 2.25. The highest BCUT2D eigenvalue weighted by Crippen LogP contribution is 2.08. The summed E-state index contributed by atoms with van der Waals surface area (Å²) in [5, 5.41) is 14.1. The lowest BCUT2D eigenvalue weighted by Gasteiger charge is -2.20. The monoisotopic (exact) mass is 268 g/mol. The van der Waals surface area contributed by atoms with Crippen molar-refractivity contribution in [2.45, 2.75) is 39.8 Å². The van der Waals surface area contributed by atoms with Gasteiger partial charge in [-0.1, -0.05) is 20.3 Å². The number of hydrogen-bond acceptors (Lipinski definition) is 3. The van der Waals surface area contributed by atoms with Gasteiger partial charge in [0.05, 0.1) is 6.54 Å². The minimum Gasteiger partial charge on any atom is -0.480 e. The minimum atomic E-state index is -1.03. The third-order valence-corrected chi connectivity index (χ3v) is 2.98. The second-order valence-electron chi connectivity index (χ2n) is 4.54. The average molecular weight is 268 g/mol. The van der Waals surface area contributed by atoms with Crippen LogP contribution < -0.4 is 10.6 Å². The summed E-state index contributed by atoms with van der Waals surface area (Å²) >= 11 is 0. The molecule has 1 heterocycles. The maximum atomic E-state index is 11.6. The van der Waals surface area contributed by atoms with Crippen LogP contribution in [0.3, 0.4) is 0 Å². The standard InChI is InChI=1S/C13H20N2O4/c1-4-8(2)11(12(16)17)15-13(18)14-7-10-6-5-9(3)19-10/h5-6,8,11H,4,7H2,1-3H3,(H,16,17)(H2,14,15,18). The van der Waals surface area contributed by atoms with E-state index in [1.807, 2.05) is 13.8 Å². The smallest absolute Gasteiger partial charge is 0.326 e. The molecule has 1 aromatic rings. The van der Waals surface area contributed by atoms with E-state index in [1.165, 1.54) is 0 Å². The van der Waals surface area contributed by atoms with E-state index < -0.39 is 18.0 Å². The Labute approximate surface area is 112 Å². The maximum Gasteiger partial charge on any atom is 0.326 e. The van der Waals surface area contributed by atoms with Gasteiger partial charge in [0.1, 0.15) is 17.6 Å². The van der Waals surface area contributed by atoms with Crippen LogP contribution in [0.2, 0.25) is 0 Å². The molecule has 0 saturated heterocycles. The largest absolute Gasteiger partial charge is 0.480 e. The molecule has 3 N–H and O–H groups in total. The first-order chi connectivity index (χ1) is 8.93. The van der Waals surface area contributed by atoms with Crippen molar-refractivity contribution in [2.75, 3.05) is 0 Å². The molecule has 0 fully saturated rings. The predicted octanol–water partition coefficient (Wildman–Crippen LogP) is 1.89. The summed E-state index contributed by atoms with van der Waals surface area (Å²) in [6, 6.07) is 2.16. The number of urea groups is 1. The number of nitrogens with one attached hydrogen (secondary N) is 2. The zero-order chi connectivity index (χ0) is 14.4. The van der Waals surface area contributed by atoms with Crippen molar-refractivity contribution in [3.8, 4) is 0 Å². The first kappa shape index (κ1) is 15.1. The van der Waals surface area contributed by atoms with E-state index in [1.54, 1.807) is 19.1 Å². The molecule has 0 aromatic carbocycles. The third kappa shape index (κ3) is 4.65. The number of aliphatic carboxylic acids is 1. The summed E-state index contributed by atoms with van der Waals surface area (Å²) in [6.45, 7) is 5.71. The molecule has 2 atom stereocenters. The number of amides is 2. The van der Waals surface area contributed by atoms with Gasteiger partial charge in [-0.05, 0) is 25.0 Å². The Morgan fingerprint density at radius 3 is 2.58 bits per heavy atom. The van der Waals surface area contributed by atoms with Crippen LogP contribution in [-0.4, -0.2) is 23.1 Å². The van der Waals surface area contributed by atoms with Crippen LogP contribution in [0.1, 0.15) is 31.8 Å². The van der Waals surface area contributed by atoms with Gasteiger partial charge in [-0.25, -0.2) is 9.59 Å². The van der Waals surface area contributed by atoms with Crippen molar-refractivity contribution in [1.82, 2.24) is 10.6 Å². The van der Waals surface area contributed by atoms with Gasteiger partial charge in [0, 0.05) is 0 Å². The van der Waals surface area contributed by atoms with Gasteiger partial charge in [-0.2, -0.15) is 0 Å². The van der Waals surface area contributed by atoms with Crippen LogP contribution in [0.5, 0.6) is 0 Å². The topological polar surface area (TPSA) is 91.6 Å². The molecule has 6 nitrogen and oxygen atoms in total. The van der Waals surface area contributed by atoms with Crippen LogP contribution in [0, 0.1) is 12.8 Å². The van der Waals surface area contributed by atoms with Gasteiger partial charge in [0.2, 0.25) is 0 Å². The molecule has 0 radical (unpaired) electrons. The van der Waals surface area contributed by atoms with E-state index in [-0.39, 0.29) is 12.5 Å². The molecular weight excluding hydrogens is 248 g/mol. The molecule has 2 amide bonds. The van der Waals surface area contributed by atoms with E-state index in [9.17, 15) is 9.59 Å². The number of hydrogen-bond donors (Lipinski definition) is 3. The Morgan fingerprint density at radius 2 is 2.11 bits per heavy atom. The molecule has 0 saturated carbocycles. The fourth-order valence-electron chi connectivity index (χ4n) is 1.62. The molecule has 0 aliphatic heterocycles. The lowest BCUT2D eigenvalue weighted by atomic mass is 9.99. The highest BCUT2D eigenvalue weighted by atomic mass is 16.4. The van der Waals surface area contributed by atoms with Crippen LogP contribution in [0.4, 0.5) is 4.79 Å². The maximum absolute atomic E-state index is 11.6. The zero-order valence-corrected chi connectivity index (χ0v) is 11.4. The SMILES string of the molecule is CCC(C)C(NC(=O)NCc1ccc(C)o1)C(=O)O. The van der Waals surface area contributed by atoms with Gasteiger partial charge < -0.3 is 20.2 Å². The molecule has 0 aliphatic carbocycles. The lowest BCUT2D eigenvalue weighted by Crippen LogP contribution is -2.48. The molecule has 1 aromatic heterocycles. The molecule has 1 rings (SSSR count). The Morgan fingerprint density at radius 1 is 1.42 bits per heavy atom. The molecule has 2 unspecified atom stereocenters. The van der Waals surface area contributed by atoms with E-state index in [2.05, 4.69) is 10.6 Å². The second-order valence-corrected chi connectivity index (χ2v) is 4.54. The van der Waals surface area contributed by atoms with Gasteiger partial charge in [-0.3, -0.25) is 0 Å². The number of furan rings is 1. The Kier molecular flexibility index (Phi) is 5.41. The van der Waals surface area contributed by atoms with Crippen molar-refractivity contribution in [1.29, 1.82) is 0 Å². The fraction of sp³-hybridized carbons (Fsp3) is 0.538. The van der Waals surface area contributed by atoms with Crippen LogP contribution in [0.15, 0.2) is 16.5 Å². The normalized spacial score (nSPS) is 13.6. The lowest BCUT2D eigenvalue weighted by molar-refractivity contribution is -0.140. The third-order valence-electron chi connectivity index (χ3n) is 2.98. The number of rotatable bonds is 6. The summed E-state index contributed by atoms with van der Waals surface area (Å²) < 4.78 is 5.30. The molecule has 0 bridgehead atoms. The summed E-state index contributed by atoms with van der Waals surface area (Å²) in [6.07, 6.45) is 0.675. The predicted molar refractivity (Wildman–Crippen MR) is 69.7 cm³/mol. The van der Waals surface area contributed by atoms with Crippen molar-refractivity contribution in [2.24, 2.45) is 5.92 Å². The van der Waals surface area contributed by atoms with Crippen molar-refractivity contribution in [3.05, 3.63) is 23.7 Å². The number of carboxylic acids is 1. The fourth-order valence-corrected chi connectivity index (χ4v) is 1.62. The Hall–Kier alpha value is -1.98. The zero-order valence-electron chi connectivity index (χ0n) is 11.4. The van der Waals surface area contributed by atoms with Gasteiger partial charge in [0.25, 0.3) is 0 Å². The van der Waals surface area contributed by atoms with Crippen molar-refractivity contribution < 1.29 is 19.1 Å². The van der Waals surface area contributed by atoms with Crippen molar-refractivity contribution >= 4 is 12.0 Å². The Bertz CT molecular complexity index is 442. The van der Waals surface area contributed by atoms with Gasteiger partial charge in [0.15, 0.2) is 0 Å². The quantitative estimate of drug-likeness (QED) is 0.734. The molecule has 0 aliphatic rings. The number of carbonyl (C=O) groups excluding carboxylic acids is 1. The van der Waals surface area contributed by atoms with Crippen LogP contribution in [-0.2, 0) is 11.3 Å². The summed E-state index contributed by atoms with van der Waals surface area (Å²) in [5.41, 5.74) is 0.